The number of benzene rings is 1. The molecule has 1 aromatic carbocycles. The highest BCUT2D eigenvalue weighted by atomic mass is 79.9. The van der Waals surface area contributed by atoms with E-state index in [1.807, 2.05) is 13.0 Å². The number of halogens is 1. The van der Waals surface area contributed by atoms with Crippen molar-refractivity contribution in [2.24, 2.45) is 5.73 Å². The summed E-state index contributed by atoms with van der Waals surface area (Å²) in [4.78, 5) is 0.326. The molecular formula is C10H14BrNO2S. The zero-order valence-corrected chi connectivity index (χ0v) is 11.1. The lowest BCUT2D eigenvalue weighted by Crippen LogP contribution is -2.18. The van der Waals surface area contributed by atoms with Gasteiger partial charge >= 0.3 is 0 Å². The molecule has 1 unspecified atom stereocenters. The predicted molar refractivity (Wildman–Crippen MR) is 64.6 cm³/mol. The topological polar surface area (TPSA) is 60.2 Å². The summed E-state index contributed by atoms with van der Waals surface area (Å²) in [5.74, 6) is 0. The van der Waals surface area contributed by atoms with Crippen LogP contribution in [0.4, 0.5) is 0 Å². The first-order valence-electron chi connectivity index (χ1n) is 4.54. The first kappa shape index (κ1) is 12.7. The third-order valence-corrected chi connectivity index (χ3v) is 3.47. The van der Waals surface area contributed by atoms with Crippen LogP contribution in [0.2, 0.25) is 0 Å². The molecule has 0 aliphatic heterocycles. The van der Waals surface area contributed by atoms with Gasteiger partial charge in [-0.2, -0.15) is 0 Å². The summed E-state index contributed by atoms with van der Waals surface area (Å²) in [5, 5.41) is 0. The Bertz CT molecular complexity index is 454. The van der Waals surface area contributed by atoms with Gasteiger partial charge in [-0.05, 0) is 37.1 Å². The van der Waals surface area contributed by atoms with E-state index in [1.54, 1.807) is 12.1 Å². The number of nitrogens with two attached hydrogens (primary N) is 1. The summed E-state index contributed by atoms with van der Waals surface area (Å²) in [6, 6.07) is 5.17. The molecule has 0 saturated carbocycles. The SMILES string of the molecule is CC(N)Cc1cc(Br)cc(S(C)(=O)=O)c1. The van der Waals surface area contributed by atoms with E-state index < -0.39 is 9.84 Å². The second-order valence-corrected chi connectivity index (χ2v) is 6.68. The second kappa shape index (κ2) is 4.63. The van der Waals surface area contributed by atoms with Crippen LogP contribution < -0.4 is 5.73 Å². The van der Waals surface area contributed by atoms with Gasteiger partial charge < -0.3 is 5.73 Å². The van der Waals surface area contributed by atoms with E-state index in [4.69, 9.17) is 5.73 Å². The predicted octanol–water partition coefficient (Wildman–Crippen LogP) is 1.74. The lowest BCUT2D eigenvalue weighted by atomic mass is 10.1. The van der Waals surface area contributed by atoms with Crippen molar-refractivity contribution in [3.8, 4) is 0 Å². The van der Waals surface area contributed by atoms with Crippen LogP contribution in [0.25, 0.3) is 0 Å². The van der Waals surface area contributed by atoms with Crippen LogP contribution in [0, 0.1) is 0 Å². The number of rotatable bonds is 3. The van der Waals surface area contributed by atoms with E-state index in [0.717, 1.165) is 10.0 Å². The molecule has 3 nitrogen and oxygen atoms in total. The van der Waals surface area contributed by atoms with Crippen molar-refractivity contribution in [3.63, 3.8) is 0 Å². The highest BCUT2D eigenvalue weighted by Gasteiger charge is 2.10. The van der Waals surface area contributed by atoms with Crippen molar-refractivity contribution >= 4 is 25.8 Å². The van der Waals surface area contributed by atoms with Crippen LogP contribution in [-0.4, -0.2) is 20.7 Å². The first-order chi connectivity index (χ1) is 6.79. The van der Waals surface area contributed by atoms with Gasteiger partial charge in [0.1, 0.15) is 0 Å². The van der Waals surface area contributed by atoms with Gasteiger partial charge in [0, 0.05) is 16.8 Å². The first-order valence-corrected chi connectivity index (χ1v) is 7.22. The summed E-state index contributed by atoms with van der Waals surface area (Å²) >= 11 is 3.29. The maximum atomic E-state index is 11.4. The summed E-state index contributed by atoms with van der Waals surface area (Å²) < 4.78 is 23.5. The average Bonchev–Trinajstić information content (AvgIpc) is 1.99. The molecule has 1 rings (SSSR count). The van der Waals surface area contributed by atoms with Crippen LogP contribution in [0.15, 0.2) is 27.6 Å². The fourth-order valence-electron chi connectivity index (χ4n) is 1.32. The standard InChI is InChI=1S/C10H14BrNO2S/c1-7(12)3-8-4-9(11)6-10(5-8)15(2,13)14/h4-7H,3,12H2,1-2H3. The van der Waals surface area contributed by atoms with Gasteiger partial charge in [0.05, 0.1) is 4.90 Å². The van der Waals surface area contributed by atoms with Crippen LogP contribution in [0.5, 0.6) is 0 Å². The van der Waals surface area contributed by atoms with Crippen LogP contribution in [0.3, 0.4) is 0 Å². The Balaban J connectivity index is 3.17. The third kappa shape index (κ3) is 3.93. The van der Waals surface area contributed by atoms with Crippen LogP contribution in [-0.2, 0) is 16.3 Å². The Kier molecular flexibility index (Phi) is 3.92. The minimum absolute atomic E-state index is 0.0201. The number of sulfone groups is 1. The molecule has 0 heterocycles. The number of hydrogen-bond acceptors (Lipinski definition) is 3. The van der Waals surface area contributed by atoms with Crippen LogP contribution >= 0.6 is 15.9 Å². The van der Waals surface area contributed by atoms with Gasteiger partial charge in [0.25, 0.3) is 0 Å². The normalized spacial score (nSPS) is 13.9. The Morgan fingerprint density at radius 3 is 2.47 bits per heavy atom. The zero-order chi connectivity index (χ0) is 11.6. The second-order valence-electron chi connectivity index (χ2n) is 3.75. The van der Waals surface area contributed by atoms with Gasteiger partial charge in [0.15, 0.2) is 9.84 Å². The lowest BCUT2D eigenvalue weighted by Gasteiger charge is -2.08. The van der Waals surface area contributed by atoms with Crippen molar-refractivity contribution < 1.29 is 8.42 Å². The van der Waals surface area contributed by atoms with Crippen molar-refractivity contribution in [2.45, 2.75) is 24.3 Å². The lowest BCUT2D eigenvalue weighted by molar-refractivity contribution is 0.601. The van der Waals surface area contributed by atoms with Gasteiger partial charge in [-0.25, -0.2) is 8.42 Å². The smallest absolute Gasteiger partial charge is 0.175 e. The molecule has 0 aromatic heterocycles. The van der Waals surface area contributed by atoms with E-state index in [1.165, 1.54) is 6.26 Å². The summed E-state index contributed by atoms with van der Waals surface area (Å²) in [5.41, 5.74) is 6.60. The molecule has 2 N–H and O–H groups in total. The molecule has 0 aliphatic carbocycles. The molecule has 0 fully saturated rings. The van der Waals surface area contributed by atoms with E-state index in [2.05, 4.69) is 15.9 Å². The highest BCUT2D eigenvalue weighted by Crippen LogP contribution is 2.20. The Morgan fingerprint density at radius 2 is 2.00 bits per heavy atom. The number of hydrogen-bond donors (Lipinski definition) is 1. The quantitative estimate of drug-likeness (QED) is 0.923. The average molecular weight is 292 g/mol. The minimum Gasteiger partial charge on any atom is -0.328 e. The molecule has 84 valence electrons. The Labute approximate surface area is 98.7 Å². The molecule has 0 saturated heterocycles. The largest absolute Gasteiger partial charge is 0.328 e. The molecule has 1 aromatic rings. The van der Waals surface area contributed by atoms with Crippen LogP contribution in [0.1, 0.15) is 12.5 Å². The van der Waals surface area contributed by atoms with E-state index in [9.17, 15) is 8.42 Å². The third-order valence-electron chi connectivity index (χ3n) is 1.92. The molecule has 0 bridgehead atoms. The summed E-state index contributed by atoms with van der Waals surface area (Å²) in [7, 11) is -3.15. The van der Waals surface area contributed by atoms with Crippen molar-refractivity contribution in [2.75, 3.05) is 6.26 Å². The van der Waals surface area contributed by atoms with Crippen molar-refractivity contribution in [1.82, 2.24) is 0 Å². The molecule has 5 heteroatoms. The maximum Gasteiger partial charge on any atom is 0.175 e. The van der Waals surface area contributed by atoms with Crippen molar-refractivity contribution in [3.05, 3.63) is 28.2 Å². The Morgan fingerprint density at radius 1 is 1.40 bits per heavy atom. The highest BCUT2D eigenvalue weighted by molar-refractivity contribution is 9.10. The molecule has 15 heavy (non-hydrogen) atoms. The summed E-state index contributed by atoms with van der Waals surface area (Å²) in [6.45, 7) is 1.89. The fourth-order valence-corrected chi connectivity index (χ4v) is 2.72. The van der Waals surface area contributed by atoms with Crippen molar-refractivity contribution in [1.29, 1.82) is 0 Å². The van der Waals surface area contributed by atoms with Gasteiger partial charge in [-0.3, -0.25) is 0 Å². The van der Waals surface area contributed by atoms with E-state index >= 15 is 0 Å². The van der Waals surface area contributed by atoms with Gasteiger partial charge in [-0.1, -0.05) is 15.9 Å². The molecule has 0 aliphatic rings. The summed E-state index contributed by atoms with van der Waals surface area (Å²) in [6.07, 6.45) is 1.87. The molecule has 0 amide bonds. The molecule has 0 radical (unpaired) electrons. The monoisotopic (exact) mass is 291 g/mol. The van der Waals surface area contributed by atoms with Gasteiger partial charge in [0.2, 0.25) is 0 Å². The maximum absolute atomic E-state index is 11.4. The van der Waals surface area contributed by atoms with E-state index in [-0.39, 0.29) is 6.04 Å². The van der Waals surface area contributed by atoms with E-state index in [0.29, 0.717) is 11.3 Å². The molecule has 1 atom stereocenters. The fraction of sp³-hybridized carbons (Fsp3) is 0.400. The van der Waals surface area contributed by atoms with Gasteiger partial charge in [-0.15, -0.1) is 0 Å². The minimum atomic E-state index is -3.15. The Hall–Kier alpha value is -0.390. The molecular weight excluding hydrogens is 278 g/mol. The zero-order valence-electron chi connectivity index (χ0n) is 8.70. The molecule has 0 spiro atoms.